The van der Waals surface area contributed by atoms with Crippen LogP contribution in [0.2, 0.25) is 20.1 Å². The standard InChI is InChI=1S/C29H32Cl4O8/c1-15(2)27(36)40-25-19(30)13-17(23(21(25)32)38-11-7-9-34)29(5,6)18-14-20(31)26(41-28(37)16(3)4)22(33)24(18)39-12-8-10-35/h13-14,34-35H,1,3,7-12H2,2,4-6H3. The van der Waals surface area contributed by atoms with Crippen molar-refractivity contribution in [3.63, 3.8) is 0 Å². The van der Waals surface area contributed by atoms with Gasteiger partial charge in [0, 0.05) is 53.7 Å². The topological polar surface area (TPSA) is 112 Å². The Labute approximate surface area is 259 Å². The number of hydrogen-bond acceptors (Lipinski definition) is 8. The number of carbonyl (C=O) groups is 2. The first kappa shape index (κ1) is 34.7. The molecule has 0 saturated carbocycles. The zero-order valence-electron chi connectivity index (χ0n) is 23.2. The van der Waals surface area contributed by atoms with Gasteiger partial charge in [-0.1, -0.05) is 73.4 Å². The molecular weight excluding hydrogens is 618 g/mol. The number of benzene rings is 2. The molecule has 0 atom stereocenters. The number of carbonyl (C=O) groups excluding carboxylic acids is 2. The first-order valence-corrected chi connectivity index (χ1v) is 14.0. The molecule has 0 saturated heterocycles. The van der Waals surface area contributed by atoms with Crippen LogP contribution in [0.4, 0.5) is 0 Å². The molecule has 224 valence electrons. The minimum absolute atomic E-state index is 0.00846. The number of halogens is 4. The van der Waals surface area contributed by atoms with E-state index in [4.69, 9.17) is 65.4 Å². The SMILES string of the molecule is C=C(C)C(=O)Oc1c(Cl)cc(C(C)(C)c2cc(Cl)c(OC(=O)C(=C)C)c(Cl)c2OCCCO)c(OCCCO)c1Cl. The second-order valence-corrected chi connectivity index (χ2v) is 11.1. The van der Waals surface area contributed by atoms with Crippen molar-refractivity contribution in [1.29, 1.82) is 0 Å². The first-order valence-electron chi connectivity index (χ1n) is 12.5. The molecule has 41 heavy (non-hydrogen) atoms. The van der Waals surface area contributed by atoms with Crippen LogP contribution in [0.15, 0.2) is 36.4 Å². The number of esters is 2. The fourth-order valence-electron chi connectivity index (χ4n) is 3.55. The second kappa shape index (κ2) is 15.1. The summed E-state index contributed by atoms with van der Waals surface area (Å²) in [5.41, 5.74) is 0.0754. The fourth-order valence-corrected chi connectivity index (χ4v) is 4.72. The van der Waals surface area contributed by atoms with Gasteiger partial charge in [0.1, 0.15) is 21.5 Å². The van der Waals surface area contributed by atoms with Crippen LogP contribution in [-0.2, 0) is 15.0 Å². The van der Waals surface area contributed by atoms with Crippen LogP contribution in [0.25, 0.3) is 0 Å². The van der Waals surface area contributed by atoms with E-state index >= 15 is 0 Å². The summed E-state index contributed by atoms with van der Waals surface area (Å²) in [5, 5.41) is 18.5. The van der Waals surface area contributed by atoms with E-state index in [-0.39, 0.29) is 93.5 Å². The normalized spacial score (nSPS) is 11.2. The highest BCUT2D eigenvalue weighted by molar-refractivity contribution is 6.39. The predicted molar refractivity (Wildman–Crippen MR) is 160 cm³/mol. The summed E-state index contributed by atoms with van der Waals surface area (Å²) in [5.74, 6) is -1.47. The molecule has 2 rings (SSSR count). The van der Waals surface area contributed by atoms with Crippen molar-refractivity contribution < 1.29 is 38.7 Å². The lowest BCUT2D eigenvalue weighted by Gasteiger charge is -2.32. The maximum absolute atomic E-state index is 12.3. The molecule has 8 nitrogen and oxygen atoms in total. The van der Waals surface area contributed by atoms with E-state index in [0.717, 1.165) is 0 Å². The molecule has 2 N–H and O–H groups in total. The number of hydrogen-bond donors (Lipinski definition) is 2. The van der Waals surface area contributed by atoms with Gasteiger partial charge in [0.15, 0.2) is 11.5 Å². The van der Waals surface area contributed by atoms with E-state index < -0.39 is 17.4 Å². The van der Waals surface area contributed by atoms with Crippen molar-refractivity contribution in [3.8, 4) is 23.0 Å². The molecule has 0 spiro atoms. The molecule has 0 heterocycles. The molecule has 0 aliphatic carbocycles. The Bertz CT molecular complexity index is 1240. The Balaban J connectivity index is 2.84. The minimum atomic E-state index is -1.06. The molecule has 12 heteroatoms. The van der Waals surface area contributed by atoms with Gasteiger partial charge in [0.2, 0.25) is 0 Å². The highest BCUT2D eigenvalue weighted by Crippen LogP contribution is 2.53. The van der Waals surface area contributed by atoms with Gasteiger partial charge in [-0.2, -0.15) is 0 Å². The predicted octanol–water partition coefficient (Wildman–Crippen LogP) is 7.11. The van der Waals surface area contributed by atoms with E-state index in [2.05, 4.69) is 13.2 Å². The van der Waals surface area contributed by atoms with Gasteiger partial charge in [-0.3, -0.25) is 0 Å². The van der Waals surface area contributed by atoms with Crippen LogP contribution in [0, 0.1) is 0 Å². The van der Waals surface area contributed by atoms with Crippen LogP contribution in [-0.4, -0.2) is 48.6 Å². The zero-order chi connectivity index (χ0) is 31.1. The van der Waals surface area contributed by atoms with E-state index in [1.54, 1.807) is 13.8 Å². The largest absolute Gasteiger partial charge is 0.491 e. The number of ether oxygens (including phenoxy) is 4. The van der Waals surface area contributed by atoms with Gasteiger partial charge in [0.05, 0.1) is 23.3 Å². The summed E-state index contributed by atoms with van der Waals surface area (Å²) in [6, 6.07) is 3.05. The Morgan fingerprint density at radius 1 is 0.732 bits per heavy atom. The van der Waals surface area contributed by atoms with Crippen LogP contribution < -0.4 is 18.9 Å². The summed E-state index contributed by atoms with van der Waals surface area (Å²) in [4.78, 5) is 24.5. The molecule has 0 aliphatic rings. The first-order chi connectivity index (χ1) is 19.2. The van der Waals surface area contributed by atoms with Gasteiger partial charge in [-0.15, -0.1) is 0 Å². The van der Waals surface area contributed by atoms with Gasteiger partial charge >= 0.3 is 11.9 Å². The van der Waals surface area contributed by atoms with E-state index in [0.29, 0.717) is 11.1 Å². The minimum Gasteiger partial charge on any atom is -0.491 e. The van der Waals surface area contributed by atoms with Crippen LogP contribution >= 0.6 is 46.4 Å². The van der Waals surface area contributed by atoms with Crippen molar-refractivity contribution in [2.24, 2.45) is 0 Å². The Morgan fingerprint density at radius 3 is 1.37 bits per heavy atom. The Kier molecular flexibility index (Phi) is 12.8. The number of aliphatic hydroxyl groups is 2. The summed E-state index contributed by atoms with van der Waals surface area (Å²) >= 11 is 26.5. The lowest BCUT2D eigenvalue weighted by atomic mass is 9.77. The summed E-state index contributed by atoms with van der Waals surface area (Å²) in [6.07, 6.45) is 0.575. The third-order valence-corrected chi connectivity index (χ3v) is 7.04. The van der Waals surface area contributed by atoms with Gasteiger partial charge in [-0.25, -0.2) is 9.59 Å². The van der Waals surface area contributed by atoms with Gasteiger partial charge in [-0.05, 0) is 26.0 Å². The second-order valence-electron chi connectivity index (χ2n) is 9.57. The Hall–Kier alpha value is -2.46. The summed E-state index contributed by atoms with van der Waals surface area (Å²) in [7, 11) is 0. The number of rotatable bonds is 14. The third-order valence-electron chi connectivity index (χ3n) is 5.79. The Morgan fingerprint density at radius 2 is 1.07 bits per heavy atom. The van der Waals surface area contributed by atoms with Crippen LogP contribution in [0.1, 0.15) is 51.7 Å². The van der Waals surface area contributed by atoms with Crippen LogP contribution in [0.5, 0.6) is 23.0 Å². The average Bonchev–Trinajstić information content (AvgIpc) is 2.90. The quantitative estimate of drug-likeness (QED) is 0.0964. The van der Waals surface area contributed by atoms with Crippen molar-refractivity contribution >= 4 is 58.3 Å². The smallest absolute Gasteiger partial charge is 0.338 e. The van der Waals surface area contributed by atoms with E-state index in [1.165, 1.54) is 26.0 Å². The molecule has 0 unspecified atom stereocenters. The lowest BCUT2D eigenvalue weighted by Crippen LogP contribution is -2.23. The highest BCUT2D eigenvalue weighted by atomic mass is 35.5. The summed E-state index contributed by atoms with van der Waals surface area (Å²) < 4.78 is 22.7. The van der Waals surface area contributed by atoms with Crippen molar-refractivity contribution in [3.05, 3.63) is 67.7 Å². The molecule has 0 fully saturated rings. The van der Waals surface area contributed by atoms with E-state index in [9.17, 15) is 19.8 Å². The maximum atomic E-state index is 12.3. The third kappa shape index (κ3) is 8.31. The highest BCUT2D eigenvalue weighted by Gasteiger charge is 2.36. The maximum Gasteiger partial charge on any atom is 0.338 e. The average molecular weight is 650 g/mol. The van der Waals surface area contributed by atoms with Crippen molar-refractivity contribution in [2.45, 2.75) is 46.0 Å². The molecule has 2 aromatic rings. The van der Waals surface area contributed by atoms with Gasteiger partial charge < -0.3 is 29.2 Å². The number of aliphatic hydroxyl groups excluding tert-OH is 2. The molecule has 0 aliphatic heterocycles. The molecule has 2 aromatic carbocycles. The zero-order valence-corrected chi connectivity index (χ0v) is 26.2. The molecule has 0 amide bonds. The summed E-state index contributed by atoms with van der Waals surface area (Å²) in [6.45, 7) is 13.6. The van der Waals surface area contributed by atoms with E-state index in [1.807, 2.05) is 0 Å². The lowest BCUT2D eigenvalue weighted by molar-refractivity contribution is -0.130. The van der Waals surface area contributed by atoms with Crippen LogP contribution in [0.3, 0.4) is 0 Å². The molecule has 0 radical (unpaired) electrons. The monoisotopic (exact) mass is 648 g/mol. The molecule has 0 bridgehead atoms. The van der Waals surface area contributed by atoms with Crippen molar-refractivity contribution in [2.75, 3.05) is 26.4 Å². The fraction of sp³-hybridized carbons (Fsp3) is 0.379. The molecule has 0 aromatic heterocycles. The van der Waals surface area contributed by atoms with Crippen molar-refractivity contribution in [1.82, 2.24) is 0 Å². The van der Waals surface area contributed by atoms with Gasteiger partial charge in [0.25, 0.3) is 0 Å². The molecular formula is C29H32Cl4O8.